The summed E-state index contributed by atoms with van der Waals surface area (Å²) in [5, 5.41) is 11.6. The Kier molecular flexibility index (Phi) is 4.49. The minimum absolute atomic E-state index is 0.133. The number of aliphatic carboxylic acids is 1. The smallest absolute Gasteiger partial charge is 0.305 e. The summed E-state index contributed by atoms with van der Waals surface area (Å²) in [4.78, 5) is 25.7. The van der Waals surface area contributed by atoms with E-state index in [1.54, 1.807) is 26.2 Å². The molecule has 0 aliphatic carbocycles. The van der Waals surface area contributed by atoms with E-state index in [0.29, 0.717) is 5.56 Å². The number of carbonyl (C=O) groups excluding carboxylic acids is 1. The highest BCUT2D eigenvalue weighted by atomic mass is 16.5. The van der Waals surface area contributed by atoms with Gasteiger partial charge in [0.1, 0.15) is 0 Å². The van der Waals surface area contributed by atoms with Crippen molar-refractivity contribution < 1.29 is 19.4 Å². The van der Waals surface area contributed by atoms with Crippen molar-refractivity contribution in [3.8, 4) is 0 Å². The highest BCUT2D eigenvalue weighted by molar-refractivity contribution is 5.96. The van der Waals surface area contributed by atoms with Crippen molar-refractivity contribution in [3.63, 3.8) is 0 Å². The minimum atomic E-state index is -0.986. The maximum atomic E-state index is 12.0. The van der Waals surface area contributed by atoms with Gasteiger partial charge in [0.15, 0.2) is 0 Å². The second-order valence-corrected chi connectivity index (χ2v) is 4.57. The van der Waals surface area contributed by atoms with Crippen molar-refractivity contribution in [1.82, 2.24) is 10.3 Å². The van der Waals surface area contributed by atoms with Crippen molar-refractivity contribution in [1.29, 1.82) is 0 Å². The molecule has 0 radical (unpaired) electrons. The Balaban J connectivity index is 2.81. The number of aromatic nitrogens is 1. The summed E-state index contributed by atoms with van der Waals surface area (Å²) < 4.78 is 4.97. The van der Waals surface area contributed by atoms with Gasteiger partial charge in [-0.3, -0.25) is 9.59 Å². The number of rotatable bonds is 6. The molecule has 3 N–H and O–H groups in total. The molecular formula is C12H18N2O4. The SMILES string of the molecule is COCC(C)(CC(=O)O)NC(=O)c1c[nH]cc1C. The first-order valence-electron chi connectivity index (χ1n) is 5.54. The molecule has 0 aromatic carbocycles. The molecule has 1 rings (SSSR count). The molecule has 0 fully saturated rings. The van der Waals surface area contributed by atoms with Crippen molar-refractivity contribution in [2.45, 2.75) is 25.8 Å². The normalized spacial score (nSPS) is 13.9. The Hall–Kier alpha value is -1.82. The summed E-state index contributed by atoms with van der Waals surface area (Å²) >= 11 is 0. The van der Waals surface area contributed by atoms with E-state index in [1.165, 1.54) is 7.11 Å². The van der Waals surface area contributed by atoms with Crippen LogP contribution in [0, 0.1) is 6.92 Å². The van der Waals surface area contributed by atoms with E-state index in [9.17, 15) is 9.59 Å². The van der Waals surface area contributed by atoms with Crippen LogP contribution in [0.15, 0.2) is 12.4 Å². The van der Waals surface area contributed by atoms with Crippen molar-refractivity contribution in [2.75, 3.05) is 13.7 Å². The minimum Gasteiger partial charge on any atom is -0.481 e. The molecule has 0 saturated carbocycles. The largest absolute Gasteiger partial charge is 0.481 e. The quantitative estimate of drug-likeness (QED) is 0.704. The average molecular weight is 254 g/mol. The highest BCUT2D eigenvalue weighted by Crippen LogP contribution is 2.13. The van der Waals surface area contributed by atoms with Gasteiger partial charge in [0.05, 0.1) is 24.1 Å². The van der Waals surface area contributed by atoms with Gasteiger partial charge >= 0.3 is 5.97 Å². The van der Waals surface area contributed by atoms with Crippen molar-refractivity contribution in [3.05, 3.63) is 23.5 Å². The molecule has 0 bridgehead atoms. The van der Waals surface area contributed by atoms with Gasteiger partial charge in [-0.25, -0.2) is 0 Å². The monoisotopic (exact) mass is 254 g/mol. The van der Waals surface area contributed by atoms with Crippen LogP contribution in [-0.2, 0) is 9.53 Å². The number of carboxylic acids is 1. The van der Waals surface area contributed by atoms with Gasteiger partial charge in [-0.05, 0) is 19.4 Å². The molecule has 0 aliphatic rings. The maximum absolute atomic E-state index is 12.0. The number of aromatic amines is 1. The zero-order valence-corrected chi connectivity index (χ0v) is 10.7. The standard InChI is InChI=1S/C12H18N2O4/c1-8-5-13-6-9(8)11(17)14-12(2,7-18-3)4-10(15)16/h5-6,13H,4,7H2,1-3H3,(H,14,17)(H,15,16). The van der Waals surface area contributed by atoms with E-state index in [-0.39, 0.29) is 18.9 Å². The van der Waals surface area contributed by atoms with Gasteiger partial charge in [0, 0.05) is 19.5 Å². The third kappa shape index (κ3) is 3.59. The fourth-order valence-corrected chi connectivity index (χ4v) is 1.81. The van der Waals surface area contributed by atoms with Crippen LogP contribution in [-0.4, -0.2) is 41.2 Å². The average Bonchev–Trinajstić information content (AvgIpc) is 2.62. The predicted octanol–water partition coefficient (Wildman–Crippen LogP) is 0.933. The number of hydrogen-bond acceptors (Lipinski definition) is 3. The summed E-state index contributed by atoms with van der Waals surface area (Å²) in [6.45, 7) is 3.58. The fraction of sp³-hybridized carbons (Fsp3) is 0.500. The molecule has 100 valence electrons. The van der Waals surface area contributed by atoms with E-state index in [1.807, 2.05) is 0 Å². The first-order chi connectivity index (χ1) is 8.38. The molecule has 1 aromatic heterocycles. The van der Waals surface area contributed by atoms with Crippen LogP contribution in [0.1, 0.15) is 29.3 Å². The van der Waals surface area contributed by atoms with Gasteiger partial charge in [0.2, 0.25) is 0 Å². The number of H-pyrrole nitrogens is 1. The Bertz CT molecular complexity index is 441. The van der Waals surface area contributed by atoms with E-state index in [0.717, 1.165) is 5.56 Å². The van der Waals surface area contributed by atoms with Crippen LogP contribution >= 0.6 is 0 Å². The number of aryl methyl sites for hydroxylation is 1. The van der Waals surface area contributed by atoms with E-state index in [4.69, 9.17) is 9.84 Å². The molecule has 1 heterocycles. The summed E-state index contributed by atoms with van der Waals surface area (Å²) in [6.07, 6.45) is 3.09. The van der Waals surface area contributed by atoms with Crippen LogP contribution in [0.5, 0.6) is 0 Å². The molecule has 0 spiro atoms. The summed E-state index contributed by atoms with van der Waals surface area (Å²) in [5.41, 5.74) is 0.381. The molecule has 0 aliphatic heterocycles. The zero-order valence-electron chi connectivity index (χ0n) is 10.7. The Morgan fingerprint density at radius 3 is 2.61 bits per heavy atom. The van der Waals surface area contributed by atoms with Crippen LogP contribution in [0.2, 0.25) is 0 Å². The predicted molar refractivity (Wildman–Crippen MR) is 65.5 cm³/mol. The summed E-state index contributed by atoms with van der Waals surface area (Å²) in [7, 11) is 1.47. The second kappa shape index (κ2) is 5.68. The van der Waals surface area contributed by atoms with Gasteiger partial charge < -0.3 is 20.1 Å². The number of ether oxygens (including phenoxy) is 1. The van der Waals surface area contributed by atoms with Crippen LogP contribution in [0.25, 0.3) is 0 Å². The number of nitrogens with one attached hydrogen (secondary N) is 2. The topological polar surface area (TPSA) is 91.4 Å². The molecule has 0 saturated heterocycles. The lowest BCUT2D eigenvalue weighted by Gasteiger charge is -2.28. The third-order valence-corrected chi connectivity index (χ3v) is 2.62. The molecule has 1 amide bonds. The Morgan fingerprint density at radius 2 is 2.17 bits per heavy atom. The van der Waals surface area contributed by atoms with Gasteiger partial charge in [0.25, 0.3) is 5.91 Å². The molecular weight excluding hydrogens is 236 g/mol. The van der Waals surface area contributed by atoms with Crippen LogP contribution in [0.4, 0.5) is 0 Å². The first-order valence-corrected chi connectivity index (χ1v) is 5.54. The molecule has 1 unspecified atom stereocenters. The number of methoxy groups -OCH3 is 1. The van der Waals surface area contributed by atoms with E-state index >= 15 is 0 Å². The third-order valence-electron chi connectivity index (χ3n) is 2.62. The fourth-order valence-electron chi connectivity index (χ4n) is 1.81. The molecule has 6 nitrogen and oxygen atoms in total. The number of carbonyl (C=O) groups is 2. The van der Waals surface area contributed by atoms with E-state index in [2.05, 4.69) is 10.3 Å². The first kappa shape index (κ1) is 14.2. The lowest BCUT2D eigenvalue weighted by atomic mass is 9.98. The van der Waals surface area contributed by atoms with Crippen LogP contribution in [0.3, 0.4) is 0 Å². The highest BCUT2D eigenvalue weighted by Gasteiger charge is 2.30. The zero-order chi connectivity index (χ0) is 13.8. The number of amides is 1. The lowest BCUT2D eigenvalue weighted by molar-refractivity contribution is -0.139. The van der Waals surface area contributed by atoms with Gasteiger partial charge in [-0.1, -0.05) is 0 Å². The van der Waals surface area contributed by atoms with E-state index < -0.39 is 11.5 Å². The maximum Gasteiger partial charge on any atom is 0.305 e. The molecule has 18 heavy (non-hydrogen) atoms. The van der Waals surface area contributed by atoms with Crippen molar-refractivity contribution >= 4 is 11.9 Å². The summed E-state index contributed by atoms with van der Waals surface area (Å²) in [5.74, 6) is -1.30. The van der Waals surface area contributed by atoms with Crippen molar-refractivity contribution in [2.24, 2.45) is 0 Å². The van der Waals surface area contributed by atoms with Gasteiger partial charge in [-0.15, -0.1) is 0 Å². The van der Waals surface area contributed by atoms with Crippen LogP contribution < -0.4 is 5.32 Å². The summed E-state index contributed by atoms with van der Waals surface area (Å²) in [6, 6.07) is 0. The number of carboxylic acid groups (broad SMARTS) is 1. The Labute approximate surface area is 105 Å². The van der Waals surface area contributed by atoms with Gasteiger partial charge in [-0.2, -0.15) is 0 Å². The Morgan fingerprint density at radius 1 is 1.50 bits per heavy atom. The molecule has 1 atom stereocenters. The molecule has 6 heteroatoms. The second-order valence-electron chi connectivity index (χ2n) is 4.57. The molecule has 1 aromatic rings. The number of hydrogen-bond donors (Lipinski definition) is 3. The lowest BCUT2D eigenvalue weighted by Crippen LogP contribution is -2.50.